The average molecular weight is 459 g/mol. The lowest BCUT2D eigenvalue weighted by Gasteiger charge is -2.33. The minimum absolute atomic E-state index is 0.0417. The second-order valence-corrected chi connectivity index (χ2v) is 9.39. The first kappa shape index (κ1) is 21.4. The Balaban J connectivity index is 1.37. The van der Waals surface area contributed by atoms with Gasteiger partial charge in [0.05, 0.1) is 17.5 Å². The number of amides is 1. The van der Waals surface area contributed by atoms with Crippen LogP contribution in [0.1, 0.15) is 31.4 Å². The molecule has 6 nitrogen and oxygen atoms in total. The summed E-state index contributed by atoms with van der Waals surface area (Å²) in [7, 11) is 0. The first-order valence-electron chi connectivity index (χ1n) is 11.3. The SMILES string of the molecule is C[C@@H](NC(=O)[C@@H]1CCCN(c2nc3c(-c4ccccc4)csc3c(=O)[nH]2)C1)c1ccccc1. The van der Waals surface area contributed by atoms with Gasteiger partial charge in [-0.2, -0.15) is 0 Å². The molecule has 2 atom stereocenters. The molecule has 0 bridgehead atoms. The highest BCUT2D eigenvalue weighted by Gasteiger charge is 2.28. The summed E-state index contributed by atoms with van der Waals surface area (Å²) in [4.78, 5) is 35.7. The van der Waals surface area contributed by atoms with Gasteiger partial charge in [-0.25, -0.2) is 4.98 Å². The predicted molar refractivity (Wildman–Crippen MR) is 134 cm³/mol. The lowest BCUT2D eigenvalue weighted by atomic mass is 9.96. The topological polar surface area (TPSA) is 78.1 Å². The Kier molecular flexibility index (Phi) is 5.96. The van der Waals surface area contributed by atoms with Gasteiger partial charge in [0, 0.05) is 24.0 Å². The molecule has 0 aliphatic carbocycles. The summed E-state index contributed by atoms with van der Waals surface area (Å²) in [5, 5.41) is 5.14. The number of benzene rings is 2. The van der Waals surface area contributed by atoms with E-state index in [9.17, 15) is 9.59 Å². The highest BCUT2D eigenvalue weighted by molar-refractivity contribution is 7.17. The molecule has 1 amide bonds. The van der Waals surface area contributed by atoms with Crippen LogP contribution in [0.5, 0.6) is 0 Å². The fourth-order valence-electron chi connectivity index (χ4n) is 4.43. The first-order valence-corrected chi connectivity index (χ1v) is 12.2. The van der Waals surface area contributed by atoms with E-state index < -0.39 is 0 Å². The van der Waals surface area contributed by atoms with Gasteiger partial charge in [-0.1, -0.05) is 60.7 Å². The number of piperidine rings is 1. The average Bonchev–Trinajstić information content (AvgIpc) is 3.30. The highest BCUT2D eigenvalue weighted by Crippen LogP contribution is 2.32. The lowest BCUT2D eigenvalue weighted by Crippen LogP contribution is -2.44. The van der Waals surface area contributed by atoms with Gasteiger partial charge in [0.2, 0.25) is 11.9 Å². The van der Waals surface area contributed by atoms with Crippen molar-refractivity contribution in [2.75, 3.05) is 18.0 Å². The van der Waals surface area contributed by atoms with Gasteiger partial charge in [-0.3, -0.25) is 14.6 Å². The van der Waals surface area contributed by atoms with Crippen LogP contribution in [0, 0.1) is 5.92 Å². The fraction of sp³-hybridized carbons (Fsp3) is 0.269. The number of nitrogens with one attached hydrogen (secondary N) is 2. The second kappa shape index (κ2) is 9.19. The molecule has 0 unspecified atom stereocenters. The van der Waals surface area contributed by atoms with E-state index in [2.05, 4.69) is 10.3 Å². The van der Waals surface area contributed by atoms with Crippen LogP contribution >= 0.6 is 11.3 Å². The van der Waals surface area contributed by atoms with Gasteiger partial charge < -0.3 is 10.2 Å². The molecule has 0 saturated carbocycles. The van der Waals surface area contributed by atoms with Crippen molar-refractivity contribution in [3.05, 3.63) is 82.0 Å². The largest absolute Gasteiger partial charge is 0.349 e. The predicted octanol–water partition coefficient (Wildman–Crippen LogP) is 4.75. The number of aromatic amines is 1. The summed E-state index contributed by atoms with van der Waals surface area (Å²) in [6.45, 7) is 3.30. The Morgan fingerprint density at radius 1 is 1.15 bits per heavy atom. The van der Waals surface area contributed by atoms with Gasteiger partial charge in [-0.15, -0.1) is 11.3 Å². The summed E-state index contributed by atoms with van der Waals surface area (Å²) in [5.74, 6) is 0.429. The summed E-state index contributed by atoms with van der Waals surface area (Å²) >= 11 is 1.41. The zero-order chi connectivity index (χ0) is 22.8. The molecule has 33 heavy (non-hydrogen) atoms. The summed E-state index contributed by atoms with van der Waals surface area (Å²) in [6.07, 6.45) is 1.69. The molecule has 2 aromatic heterocycles. The molecule has 1 aliphatic heterocycles. The monoisotopic (exact) mass is 458 g/mol. The second-order valence-electron chi connectivity index (χ2n) is 8.51. The molecular weight excluding hydrogens is 432 g/mol. The van der Waals surface area contributed by atoms with Crippen LogP contribution in [0.3, 0.4) is 0 Å². The van der Waals surface area contributed by atoms with Crippen molar-refractivity contribution < 1.29 is 4.79 Å². The van der Waals surface area contributed by atoms with Gasteiger partial charge in [0.25, 0.3) is 5.56 Å². The summed E-state index contributed by atoms with van der Waals surface area (Å²) in [6, 6.07) is 19.9. The van der Waals surface area contributed by atoms with Crippen LogP contribution in [-0.4, -0.2) is 29.0 Å². The normalized spacial score (nSPS) is 17.1. The van der Waals surface area contributed by atoms with E-state index in [1.54, 1.807) is 0 Å². The van der Waals surface area contributed by atoms with Crippen molar-refractivity contribution in [3.8, 4) is 11.1 Å². The van der Waals surface area contributed by atoms with E-state index in [-0.39, 0.29) is 23.4 Å². The number of anilines is 1. The van der Waals surface area contributed by atoms with Crippen LogP contribution in [-0.2, 0) is 4.79 Å². The summed E-state index contributed by atoms with van der Waals surface area (Å²) in [5.41, 5.74) is 3.67. The van der Waals surface area contributed by atoms with E-state index in [4.69, 9.17) is 4.98 Å². The Morgan fingerprint density at radius 2 is 1.88 bits per heavy atom. The van der Waals surface area contributed by atoms with Crippen molar-refractivity contribution in [1.29, 1.82) is 0 Å². The lowest BCUT2D eigenvalue weighted by molar-refractivity contribution is -0.125. The molecule has 7 heteroatoms. The standard InChI is InChI=1S/C26H26N4O2S/c1-17(18-9-4-2-5-10-18)27-24(31)20-13-8-14-30(15-20)26-28-22-21(19-11-6-3-7-12-19)16-33-23(22)25(32)29-26/h2-7,9-12,16-17,20H,8,13-15H2,1H3,(H,27,31)(H,28,29,32)/t17-,20-/m1/s1. The third-order valence-corrected chi connectivity index (χ3v) is 7.22. The number of hydrogen-bond donors (Lipinski definition) is 2. The number of rotatable bonds is 5. The van der Waals surface area contributed by atoms with Crippen molar-refractivity contribution in [1.82, 2.24) is 15.3 Å². The maximum atomic E-state index is 13.0. The first-order chi connectivity index (χ1) is 16.1. The van der Waals surface area contributed by atoms with E-state index in [0.29, 0.717) is 22.7 Å². The molecule has 2 N–H and O–H groups in total. The number of fused-ring (bicyclic) bond motifs is 1. The molecule has 1 aliphatic rings. The van der Waals surface area contributed by atoms with Crippen LogP contribution in [0.2, 0.25) is 0 Å². The molecule has 5 rings (SSSR count). The third-order valence-electron chi connectivity index (χ3n) is 6.25. The Hall–Kier alpha value is -3.45. The fourth-order valence-corrected chi connectivity index (χ4v) is 5.34. The van der Waals surface area contributed by atoms with Crippen molar-refractivity contribution in [3.63, 3.8) is 0 Å². The molecule has 3 heterocycles. The van der Waals surface area contributed by atoms with Gasteiger partial charge >= 0.3 is 0 Å². The van der Waals surface area contributed by atoms with Gasteiger partial charge in [-0.05, 0) is 30.9 Å². The van der Waals surface area contributed by atoms with E-state index in [1.165, 1.54) is 11.3 Å². The Morgan fingerprint density at radius 3 is 2.64 bits per heavy atom. The maximum Gasteiger partial charge on any atom is 0.270 e. The number of nitrogens with zero attached hydrogens (tertiary/aromatic N) is 2. The highest BCUT2D eigenvalue weighted by atomic mass is 32.1. The molecule has 168 valence electrons. The zero-order valence-corrected chi connectivity index (χ0v) is 19.3. The van der Waals surface area contributed by atoms with E-state index in [1.807, 2.05) is 77.9 Å². The van der Waals surface area contributed by atoms with Crippen molar-refractivity contribution in [2.24, 2.45) is 5.92 Å². The van der Waals surface area contributed by atoms with Gasteiger partial charge in [0.15, 0.2) is 0 Å². The zero-order valence-electron chi connectivity index (χ0n) is 18.5. The van der Waals surface area contributed by atoms with Crippen LogP contribution in [0.4, 0.5) is 5.95 Å². The van der Waals surface area contributed by atoms with Crippen LogP contribution < -0.4 is 15.8 Å². The number of thiophene rings is 1. The minimum atomic E-state index is -0.151. The Labute approximate surface area is 196 Å². The molecule has 2 aromatic carbocycles. The molecule has 1 saturated heterocycles. The quantitative estimate of drug-likeness (QED) is 0.453. The van der Waals surface area contributed by atoms with Crippen molar-refractivity contribution >= 4 is 33.4 Å². The number of H-pyrrole nitrogens is 1. The molecule has 1 fully saturated rings. The van der Waals surface area contributed by atoms with E-state index >= 15 is 0 Å². The maximum absolute atomic E-state index is 13.0. The van der Waals surface area contributed by atoms with Crippen molar-refractivity contribution in [2.45, 2.75) is 25.8 Å². The summed E-state index contributed by atoms with van der Waals surface area (Å²) < 4.78 is 0.626. The Bertz CT molecular complexity index is 1320. The number of hydrogen-bond acceptors (Lipinski definition) is 5. The third kappa shape index (κ3) is 4.41. The number of carbonyl (C=O) groups is 1. The number of aromatic nitrogens is 2. The molecule has 0 radical (unpaired) electrons. The van der Waals surface area contributed by atoms with E-state index in [0.717, 1.165) is 36.1 Å². The molecule has 0 spiro atoms. The van der Waals surface area contributed by atoms with Crippen LogP contribution in [0.25, 0.3) is 21.3 Å². The molecular formula is C26H26N4O2S. The van der Waals surface area contributed by atoms with Gasteiger partial charge in [0.1, 0.15) is 4.70 Å². The minimum Gasteiger partial charge on any atom is -0.349 e. The number of carbonyl (C=O) groups excluding carboxylic acids is 1. The molecule has 4 aromatic rings. The smallest absolute Gasteiger partial charge is 0.270 e. The van der Waals surface area contributed by atoms with Crippen LogP contribution in [0.15, 0.2) is 70.8 Å².